The Morgan fingerprint density at radius 3 is 2.41 bits per heavy atom. The summed E-state index contributed by atoms with van der Waals surface area (Å²) in [6, 6.07) is 0. The third kappa shape index (κ3) is 3.06. The second-order valence-corrected chi connectivity index (χ2v) is 5.78. The quantitative estimate of drug-likeness (QED) is 0.578. The van der Waals surface area contributed by atoms with Crippen LogP contribution in [0.1, 0.15) is 33.6 Å². The molecule has 0 spiro atoms. The first-order chi connectivity index (χ1) is 7.70. The molecule has 0 bridgehead atoms. The van der Waals surface area contributed by atoms with Gasteiger partial charge in [-0.05, 0) is 33.6 Å². The van der Waals surface area contributed by atoms with Crippen LogP contribution < -0.4 is 0 Å². The number of hydrogen-bond acceptors (Lipinski definition) is 5. The maximum Gasteiger partial charge on any atom is 0.411 e. The zero-order valence-corrected chi connectivity index (χ0v) is 11.5. The van der Waals surface area contributed by atoms with Crippen molar-refractivity contribution < 1.29 is 19.1 Å². The first-order valence-corrected chi connectivity index (χ1v) is 5.97. The summed E-state index contributed by atoms with van der Waals surface area (Å²) < 4.78 is 9.92. The molecule has 1 rings (SSSR count). The fourth-order valence-electron chi connectivity index (χ4n) is 1.74. The van der Waals surface area contributed by atoms with Crippen LogP contribution in [0.4, 0.5) is 4.79 Å². The van der Waals surface area contributed by atoms with Gasteiger partial charge in [0.2, 0.25) is 0 Å². The average molecular weight is 261 g/mol. The smallest absolute Gasteiger partial charge is 0.411 e. The Labute approximate surface area is 107 Å². The molecule has 5 nitrogen and oxygen atoms in total. The van der Waals surface area contributed by atoms with Crippen molar-refractivity contribution in [1.29, 1.82) is 0 Å². The number of hydrogen-bond donors (Lipinski definition) is 1. The van der Waals surface area contributed by atoms with E-state index < -0.39 is 22.5 Å². The number of carbonyl (C=O) groups excluding carboxylic acids is 2. The van der Waals surface area contributed by atoms with Gasteiger partial charge in [-0.15, -0.1) is 12.6 Å². The van der Waals surface area contributed by atoms with Crippen molar-refractivity contribution in [2.24, 2.45) is 0 Å². The molecule has 98 valence electrons. The molecule has 0 N–H and O–H groups in total. The van der Waals surface area contributed by atoms with Crippen molar-refractivity contribution >= 4 is 24.7 Å². The summed E-state index contributed by atoms with van der Waals surface area (Å²) in [7, 11) is 1.28. The molecule has 0 aromatic rings. The maximum absolute atomic E-state index is 11.9. The van der Waals surface area contributed by atoms with E-state index in [9.17, 15) is 9.59 Å². The second-order valence-electron chi connectivity index (χ2n) is 5.04. The molecule has 17 heavy (non-hydrogen) atoms. The van der Waals surface area contributed by atoms with E-state index in [0.29, 0.717) is 19.4 Å². The highest BCUT2D eigenvalue weighted by molar-refractivity contribution is 7.82. The molecule has 0 unspecified atom stereocenters. The van der Waals surface area contributed by atoms with Gasteiger partial charge in [0.15, 0.2) is 4.87 Å². The van der Waals surface area contributed by atoms with Crippen molar-refractivity contribution in [2.45, 2.75) is 44.1 Å². The zero-order chi connectivity index (χ0) is 13.3. The minimum Gasteiger partial charge on any atom is -0.467 e. The predicted molar refractivity (Wildman–Crippen MR) is 65.9 cm³/mol. The van der Waals surface area contributed by atoms with Crippen molar-refractivity contribution in [3.63, 3.8) is 0 Å². The van der Waals surface area contributed by atoms with E-state index in [1.165, 1.54) is 12.0 Å². The number of carbonyl (C=O) groups is 2. The Bertz CT molecular complexity index is 326. The van der Waals surface area contributed by atoms with Crippen LogP contribution in [-0.4, -0.2) is 41.1 Å². The van der Waals surface area contributed by atoms with E-state index in [0.717, 1.165) is 0 Å². The summed E-state index contributed by atoms with van der Waals surface area (Å²) in [5.74, 6) is -0.524. The zero-order valence-electron chi connectivity index (χ0n) is 10.6. The van der Waals surface area contributed by atoms with Crippen LogP contribution in [0, 0.1) is 0 Å². The molecule has 1 amide bonds. The van der Waals surface area contributed by atoms with Crippen molar-refractivity contribution in [3.05, 3.63) is 0 Å². The standard InChI is InChI=1S/C11H19NO4S/c1-10(2,3)16-9(14)12-7-5-6-11(12,17)8(13)15-4/h17H,5-7H2,1-4H3/t11-/m1/s1. The minimum absolute atomic E-state index is 0.452. The first-order valence-electron chi connectivity index (χ1n) is 5.52. The number of nitrogens with zero attached hydrogens (tertiary/aromatic N) is 1. The number of likely N-dealkylation sites (tertiary alicyclic amines) is 1. The monoisotopic (exact) mass is 261 g/mol. The fraction of sp³-hybridized carbons (Fsp3) is 0.818. The third-order valence-electron chi connectivity index (χ3n) is 2.48. The van der Waals surface area contributed by atoms with E-state index in [-0.39, 0.29) is 0 Å². The van der Waals surface area contributed by atoms with Crippen molar-refractivity contribution in [3.8, 4) is 0 Å². The topological polar surface area (TPSA) is 55.8 Å². The van der Waals surface area contributed by atoms with E-state index in [1.54, 1.807) is 20.8 Å². The molecule has 0 radical (unpaired) electrons. The van der Waals surface area contributed by atoms with Gasteiger partial charge < -0.3 is 9.47 Å². The van der Waals surface area contributed by atoms with Gasteiger partial charge >= 0.3 is 12.1 Å². The minimum atomic E-state index is -1.20. The molecule has 1 saturated heterocycles. The summed E-state index contributed by atoms with van der Waals surface area (Å²) >= 11 is 4.29. The number of rotatable bonds is 1. The third-order valence-corrected chi connectivity index (χ3v) is 3.13. The van der Waals surface area contributed by atoms with Gasteiger partial charge in [0.05, 0.1) is 7.11 Å². The van der Waals surface area contributed by atoms with E-state index in [2.05, 4.69) is 17.4 Å². The van der Waals surface area contributed by atoms with Crippen LogP contribution in [0.5, 0.6) is 0 Å². The summed E-state index contributed by atoms with van der Waals surface area (Å²) in [4.78, 5) is 23.7. The molecule has 0 saturated carbocycles. The van der Waals surface area contributed by atoms with Crippen LogP contribution >= 0.6 is 12.6 Å². The van der Waals surface area contributed by atoms with Crippen LogP contribution in [0.2, 0.25) is 0 Å². The molecule has 1 atom stereocenters. The summed E-state index contributed by atoms with van der Waals surface area (Å²) in [6.07, 6.45) is 0.648. The predicted octanol–water partition coefficient (Wildman–Crippen LogP) is 1.82. The highest BCUT2D eigenvalue weighted by Crippen LogP contribution is 2.35. The van der Waals surface area contributed by atoms with Crippen LogP contribution in [0.15, 0.2) is 0 Å². The van der Waals surface area contributed by atoms with E-state index >= 15 is 0 Å². The Morgan fingerprint density at radius 2 is 1.94 bits per heavy atom. The summed E-state index contributed by atoms with van der Waals surface area (Å²) in [5.41, 5.74) is -0.593. The lowest BCUT2D eigenvalue weighted by Gasteiger charge is -2.33. The number of methoxy groups -OCH3 is 1. The molecular weight excluding hydrogens is 242 g/mol. The molecule has 1 aliphatic heterocycles. The molecular formula is C11H19NO4S. The lowest BCUT2D eigenvalue weighted by Crippen LogP contribution is -2.51. The number of esters is 1. The molecule has 6 heteroatoms. The van der Waals surface area contributed by atoms with Crippen molar-refractivity contribution in [2.75, 3.05) is 13.7 Å². The van der Waals surface area contributed by atoms with Gasteiger partial charge in [-0.25, -0.2) is 9.59 Å². The SMILES string of the molecule is COC(=O)[C@]1(S)CCCN1C(=O)OC(C)(C)C. The summed E-state index contributed by atoms with van der Waals surface area (Å²) in [6.45, 7) is 5.78. The molecule has 1 heterocycles. The van der Waals surface area contributed by atoms with Gasteiger partial charge in [-0.2, -0.15) is 0 Å². The van der Waals surface area contributed by atoms with Gasteiger partial charge in [0.1, 0.15) is 5.60 Å². The van der Waals surface area contributed by atoms with E-state index in [1.807, 2.05) is 0 Å². The van der Waals surface area contributed by atoms with E-state index in [4.69, 9.17) is 4.74 Å². The highest BCUT2D eigenvalue weighted by Gasteiger charge is 2.49. The largest absolute Gasteiger partial charge is 0.467 e. The second kappa shape index (κ2) is 4.76. The van der Waals surface area contributed by atoms with Gasteiger partial charge in [-0.1, -0.05) is 0 Å². The molecule has 1 fully saturated rings. The van der Waals surface area contributed by atoms with Crippen LogP contribution in [0.25, 0.3) is 0 Å². The molecule has 1 aliphatic rings. The first kappa shape index (κ1) is 14.2. The average Bonchev–Trinajstić information content (AvgIpc) is 2.58. The Morgan fingerprint density at radius 1 is 1.35 bits per heavy atom. The Balaban J connectivity index is 2.83. The van der Waals surface area contributed by atoms with Crippen molar-refractivity contribution in [1.82, 2.24) is 4.90 Å². The Hall–Kier alpha value is -0.910. The van der Waals surface area contributed by atoms with Gasteiger partial charge in [0.25, 0.3) is 0 Å². The number of thiol groups is 1. The lowest BCUT2D eigenvalue weighted by molar-refractivity contribution is -0.147. The molecule has 0 aromatic carbocycles. The normalized spacial score (nSPS) is 24.6. The lowest BCUT2D eigenvalue weighted by atomic mass is 10.2. The highest BCUT2D eigenvalue weighted by atomic mass is 32.1. The van der Waals surface area contributed by atoms with Gasteiger partial charge in [0, 0.05) is 6.54 Å². The Kier molecular flexibility index (Phi) is 3.96. The molecule has 0 aliphatic carbocycles. The van der Waals surface area contributed by atoms with Crippen LogP contribution in [0.3, 0.4) is 0 Å². The van der Waals surface area contributed by atoms with Crippen LogP contribution in [-0.2, 0) is 14.3 Å². The van der Waals surface area contributed by atoms with Gasteiger partial charge in [-0.3, -0.25) is 4.90 Å². The number of ether oxygens (including phenoxy) is 2. The number of amides is 1. The summed E-state index contributed by atoms with van der Waals surface area (Å²) in [5, 5.41) is 0. The fourth-order valence-corrected chi connectivity index (χ4v) is 2.17. The molecule has 0 aromatic heterocycles. The maximum atomic E-state index is 11.9.